The fourth-order valence-corrected chi connectivity index (χ4v) is 3.86. The van der Waals surface area contributed by atoms with Crippen molar-refractivity contribution in [2.75, 3.05) is 13.1 Å². The lowest BCUT2D eigenvalue weighted by Gasteiger charge is -2.26. The molecule has 4 heteroatoms. The number of rotatable bonds is 8. The molecule has 0 spiro atoms. The molecule has 0 aliphatic carbocycles. The quantitative estimate of drug-likeness (QED) is 0.694. The average molecular weight is 395 g/mol. The van der Waals surface area contributed by atoms with E-state index in [-0.39, 0.29) is 5.91 Å². The van der Waals surface area contributed by atoms with Gasteiger partial charge in [0.2, 0.25) is 0 Å². The number of nitrogens with one attached hydrogen (secondary N) is 1. The Bertz CT molecular complexity index is 797. The molecule has 1 N–H and O–H groups in total. The van der Waals surface area contributed by atoms with Crippen LogP contribution in [0.15, 0.2) is 48.5 Å². The third kappa shape index (κ3) is 6.33. The molecular weight excluding hydrogens is 360 g/mol. The van der Waals surface area contributed by atoms with E-state index in [0.717, 1.165) is 23.4 Å². The van der Waals surface area contributed by atoms with Crippen LogP contribution in [0.1, 0.15) is 62.6 Å². The van der Waals surface area contributed by atoms with Gasteiger partial charge in [-0.25, -0.2) is 0 Å². The molecule has 3 rings (SSSR count). The molecule has 1 aliphatic heterocycles. The normalized spacial score (nSPS) is 15.9. The fraction of sp³-hybridized carbons (Fsp3) is 0.480. The smallest absolute Gasteiger partial charge is 0.261 e. The first kappa shape index (κ1) is 21.4. The van der Waals surface area contributed by atoms with Crippen LogP contribution in [-0.4, -0.2) is 30.0 Å². The first-order chi connectivity index (χ1) is 14.0. The lowest BCUT2D eigenvalue weighted by Crippen LogP contribution is -2.36. The predicted molar refractivity (Wildman–Crippen MR) is 118 cm³/mol. The number of hydrogen-bond acceptors (Lipinski definition) is 3. The zero-order valence-corrected chi connectivity index (χ0v) is 18.0. The Kier molecular flexibility index (Phi) is 7.70. The second-order valence-corrected chi connectivity index (χ2v) is 8.33. The summed E-state index contributed by atoms with van der Waals surface area (Å²) in [5.41, 5.74) is 3.56. The zero-order valence-electron chi connectivity index (χ0n) is 18.0. The van der Waals surface area contributed by atoms with Gasteiger partial charge in [-0.15, -0.1) is 0 Å². The summed E-state index contributed by atoms with van der Waals surface area (Å²) in [5, 5.41) is 3.02. The van der Waals surface area contributed by atoms with E-state index in [0.29, 0.717) is 12.5 Å². The molecule has 2 aromatic carbocycles. The van der Waals surface area contributed by atoms with Crippen LogP contribution in [0.3, 0.4) is 0 Å². The molecule has 4 nitrogen and oxygen atoms in total. The second-order valence-electron chi connectivity index (χ2n) is 8.33. The summed E-state index contributed by atoms with van der Waals surface area (Å²) in [6.45, 7) is 9.95. The molecule has 156 valence electrons. The Labute approximate surface area is 175 Å². The summed E-state index contributed by atoms with van der Waals surface area (Å²) in [4.78, 5) is 15.1. The van der Waals surface area contributed by atoms with Crippen LogP contribution >= 0.6 is 0 Å². The molecule has 2 aromatic rings. The van der Waals surface area contributed by atoms with Crippen LogP contribution in [0, 0.1) is 0 Å². The van der Waals surface area contributed by atoms with Gasteiger partial charge in [0.1, 0.15) is 5.75 Å². The van der Waals surface area contributed by atoms with Crippen LogP contribution in [0.25, 0.3) is 0 Å². The summed E-state index contributed by atoms with van der Waals surface area (Å²) >= 11 is 0. The number of carbonyl (C=O) groups is 1. The molecule has 0 aromatic heterocycles. The SMILES string of the molecule is CC(Oc1ccccc1C(C)C)C(=O)NCc1cccc(CN2CCCCC2)c1. The number of piperidine rings is 1. The molecule has 1 saturated heterocycles. The first-order valence-electron chi connectivity index (χ1n) is 10.9. The number of benzene rings is 2. The minimum absolute atomic E-state index is 0.0926. The van der Waals surface area contributed by atoms with Crippen molar-refractivity contribution in [3.8, 4) is 5.75 Å². The van der Waals surface area contributed by atoms with Crippen molar-refractivity contribution in [3.63, 3.8) is 0 Å². The van der Waals surface area contributed by atoms with Crippen LogP contribution < -0.4 is 10.1 Å². The maximum Gasteiger partial charge on any atom is 0.261 e. The van der Waals surface area contributed by atoms with E-state index in [9.17, 15) is 4.79 Å². The maximum atomic E-state index is 12.6. The summed E-state index contributed by atoms with van der Waals surface area (Å²) < 4.78 is 5.96. The molecule has 1 atom stereocenters. The third-order valence-corrected chi connectivity index (χ3v) is 5.53. The Morgan fingerprint density at radius 3 is 2.48 bits per heavy atom. The lowest BCUT2D eigenvalue weighted by atomic mass is 10.0. The first-order valence-corrected chi connectivity index (χ1v) is 10.9. The number of amides is 1. The minimum Gasteiger partial charge on any atom is -0.481 e. The van der Waals surface area contributed by atoms with Crippen LogP contribution in [0.4, 0.5) is 0 Å². The molecule has 1 aliphatic rings. The Balaban J connectivity index is 1.53. The van der Waals surface area contributed by atoms with Crippen molar-refractivity contribution >= 4 is 5.91 Å². The minimum atomic E-state index is -0.536. The number of likely N-dealkylation sites (tertiary alicyclic amines) is 1. The Morgan fingerprint density at radius 1 is 1.00 bits per heavy atom. The molecule has 1 unspecified atom stereocenters. The highest BCUT2D eigenvalue weighted by molar-refractivity contribution is 5.80. The number of carbonyl (C=O) groups excluding carboxylic acids is 1. The monoisotopic (exact) mass is 394 g/mol. The van der Waals surface area contributed by atoms with Gasteiger partial charge in [0.15, 0.2) is 6.10 Å². The second kappa shape index (κ2) is 10.4. The molecule has 1 heterocycles. The van der Waals surface area contributed by atoms with Crippen LogP contribution in [0.5, 0.6) is 5.75 Å². The van der Waals surface area contributed by atoms with Gasteiger partial charge in [-0.1, -0.05) is 62.7 Å². The van der Waals surface area contributed by atoms with Crippen molar-refractivity contribution < 1.29 is 9.53 Å². The third-order valence-electron chi connectivity index (χ3n) is 5.53. The van der Waals surface area contributed by atoms with E-state index in [1.807, 2.05) is 18.2 Å². The van der Waals surface area contributed by atoms with Crippen molar-refractivity contribution in [2.45, 2.75) is 65.1 Å². The van der Waals surface area contributed by atoms with E-state index in [4.69, 9.17) is 4.74 Å². The standard InChI is InChI=1S/C25H34N2O2/c1-19(2)23-12-5-6-13-24(23)29-20(3)25(28)26-17-21-10-9-11-22(16-21)18-27-14-7-4-8-15-27/h5-6,9-13,16,19-20H,4,7-8,14-15,17-18H2,1-3H3,(H,26,28). The van der Waals surface area contributed by atoms with Gasteiger partial charge < -0.3 is 10.1 Å². The largest absolute Gasteiger partial charge is 0.481 e. The van der Waals surface area contributed by atoms with Crippen LogP contribution in [-0.2, 0) is 17.9 Å². The van der Waals surface area contributed by atoms with Crippen molar-refractivity contribution in [3.05, 3.63) is 65.2 Å². The lowest BCUT2D eigenvalue weighted by molar-refractivity contribution is -0.127. The van der Waals surface area contributed by atoms with Gasteiger partial charge in [0.05, 0.1) is 0 Å². The van der Waals surface area contributed by atoms with Gasteiger partial charge >= 0.3 is 0 Å². The van der Waals surface area contributed by atoms with Crippen molar-refractivity contribution in [1.29, 1.82) is 0 Å². The van der Waals surface area contributed by atoms with E-state index in [1.165, 1.54) is 37.9 Å². The number of ether oxygens (including phenoxy) is 1. The van der Waals surface area contributed by atoms with Gasteiger partial charge in [0.25, 0.3) is 5.91 Å². The molecule has 0 saturated carbocycles. The highest BCUT2D eigenvalue weighted by Gasteiger charge is 2.17. The maximum absolute atomic E-state index is 12.6. The fourth-order valence-electron chi connectivity index (χ4n) is 3.86. The molecule has 1 amide bonds. The number of nitrogens with zero attached hydrogens (tertiary/aromatic N) is 1. The van der Waals surface area contributed by atoms with E-state index in [2.05, 4.69) is 54.4 Å². The van der Waals surface area contributed by atoms with Crippen molar-refractivity contribution in [1.82, 2.24) is 10.2 Å². The van der Waals surface area contributed by atoms with Crippen LogP contribution in [0.2, 0.25) is 0 Å². The molecule has 0 radical (unpaired) electrons. The van der Waals surface area contributed by atoms with E-state index >= 15 is 0 Å². The number of hydrogen-bond donors (Lipinski definition) is 1. The number of para-hydroxylation sites is 1. The topological polar surface area (TPSA) is 41.6 Å². The van der Waals surface area contributed by atoms with E-state index in [1.54, 1.807) is 6.92 Å². The Hall–Kier alpha value is -2.33. The average Bonchev–Trinajstić information content (AvgIpc) is 2.73. The van der Waals surface area contributed by atoms with Gasteiger partial charge in [-0.3, -0.25) is 9.69 Å². The predicted octanol–water partition coefficient (Wildman–Crippen LogP) is 4.88. The van der Waals surface area contributed by atoms with Gasteiger partial charge in [0, 0.05) is 13.1 Å². The zero-order chi connectivity index (χ0) is 20.6. The molecule has 1 fully saturated rings. The van der Waals surface area contributed by atoms with E-state index < -0.39 is 6.10 Å². The molecule has 0 bridgehead atoms. The molecule has 29 heavy (non-hydrogen) atoms. The highest BCUT2D eigenvalue weighted by Crippen LogP contribution is 2.26. The Morgan fingerprint density at radius 2 is 1.72 bits per heavy atom. The van der Waals surface area contributed by atoms with Gasteiger partial charge in [-0.05, 0) is 61.5 Å². The summed E-state index contributed by atoms with van der Waals surface area (Å²) in [6, 6.07) is 16.5. The summed E-state index contributed by atoms with van der Waals surface area (Å²) in [5.74, 6) is 1.04. The van der Waals surface area contributed by atoms with Gasteiger partial charge in [-0.2, -0.15) is 0 Å². The summed E-state index contributed by atoms with van der Waals surface area (Å²) in [6.07, 6.45) is 3.41. The molecular formula is C25H34N2O2. The van der Waals surface area contributed by atoms with Crippen molar-refractivity contribution in [2.24, 2.45) is 0 Å². The highest BCUT2D eigenvalue weighted by atomic mass is 16.5. The summed E-state index contributed by atoms with van der Waals surface area (Å²) in [7, 11) is 0.